The van der Waals surface area contributed by atoms with Gasteiger partial charge in [0, 0.05) is 30.4 Å². The summed E-state index contributed by atoms with van der Waals surface area (Å²) in [6.45, 7) is 2.47. The molecule has 34 heavy (non-hydrogen) atoms. The number of piperidine rings is 3. The molecule has 3 aromatic rings. The van der Waals surface area contributed by atoms with Gasteiger partial charge in [-0.1, -0.05) is 35.5 Å². The van der Waals surface area contributed by atoms with Gasteiger partial charge in [-0.05, 0) is 11.6 Å². The zero-order valence-corrected chi connectivity index (χ0v) is 20.0. The van der Waals surface area contributed by atoms with Gasteiger partial charge in [0.1, 0.15) is 12.8 Å². The van der Waals surface area contributed by atoms with Crippen molar-refractivity contribution in [1.82, 2.24) is 5.16 Å². The molecule has 6 rings (SSSR count). The Morgan fingerprint density at radius 2 is 1.88 bits per heavy atom. The molecular formula is C24H26BrN3O6. The number of aliphatic hydroxyl groups is 1. The highest BCUT2D eigenvalue weighted by Crippen LogP contribution is 2.38. The maximum absolute atomic E-state index is 13.4. The van der Waals surface area contributed by atoms with Crippen LogP contribution in [0.3, 0.4) is 0 Å². The Hall–Kier alpha value is -2.95. The molecule has 180 valence electrons. The molecule has 1 aromatic carbocycles. The van der Waals surface area contributed by atoms with E-state index >= 15 is 0 Å². The molecule has 5 heterocycles. The van der Waals surface area contributed by atoms with Gasteiger partial charge in [-0.2, -0.15) is 0 Å². The van der Waals surface area contributed by atoms with Crippen molar-refractivity contribution in [1.29, 1.82) is 0 Å². The van der Waals surface area contributed by atoms with Gasteiger partial charge >= 0.3 is 5.97 Å². The Bertz CT molecular complexity index is 1100. The van der Waals surface area contributed by atoms with Crippen LogP contribution in [0.1, 0.15) is 24.0 Å². The van der Waals surface area contributed by atoms with Crippen LogP contribution < -0.4 is 22.3 Å². The minimum absolute atomic E-state index is 0. The van der Waals surface area contributed by atoms with Crippen molar-refractivity contribution in [3.05, 3.63) is 72.4 Å². The third-order valence-electron chi connectivity index (χ3n) is 6.91. The van der Waals surface area contributed by atoms with E-state index < -0.39 is 11.6 Å². The number of carbonyl (C=O) groups excluding carboxylic acids is 2. The maximum Gasteiger partial charge on any atom is 0.348 e. The molecule has 0 aliphatic carbocycles. The number of nitrogens with zero attached hydrogens (tertiary/aromatic N) is 2. The third-order valence-corrected chi connectivity index (χ3v) is 6.91. The van der Waals surface area contributed by atoms with Crippen molar-refractivity contribution in [2.75, 3.05) is 31.5 Å². The summed E-state index contributed by atoms with van der Waals surface area (Å²) in [5.41, 5.74) is -1.25. The number of fused-ring (bicyclic) bond motifs is 3. The minimum atomic E-state index is -1.98. The van der Waals surface area contributed by atoms with Gasteiger partial charge in [0.15, 0.2) is 18.5 Å². The quantitative estimate of drug-likeness (QED) is 0.306. The van der Waals surface area contributed by atoms with E-state index in [2.05, 4.69) is 10.5 Å². The summed E-state index contributed by atoms with van der Waals surface area (Å²) in [4.78, 5) is 26.0. The van der Waals surface area contributed by atoms with Crippen LogP contribution in [0.25, 0.3) is 0 Å². The van der Waals surface area contributed by atoms with Crippen LogP contribution in [0.15, 0.2) is 70.2 Å². The Labute approximate surface area is 207 Å². The number of furan rings is 1. The number of halogens is 1. The van der Waals surface area contributed by atoms with E-state index in [9.17, 15) is 14.7 Å². The van der Waals surface area contributed by atoms with Crippen molar-refractivity contribution in [2.24, 2.45) is 5.92 Å². The van der Waals surface area contributed by atoms with Gasteiger partial charge in [-0.3, -0.25) is 4.79 Å². The number of rotatable bonds is 7. The zero-order valence-electron chi connectivity index (χ0n) is 18.4. The number of ether oxygens (including phenoxy) is 1. The summed E-state index contributed by atoms with van der Waals surface area (Å²) in [5, 5.41) is 18.0. The average molecular weight is 532 g/mol. The van der Waals surface area contributed by atoms with Crippen LogP contribution in [-0.2, 0) is 19.9 Å². The molecule has 10 heteroatoms. The molecule has 1 unspecified atom stereocenters. The molecule has 1 amide bonds. The molecule has 3 saturated heterocycles. The summed E-state index contributed by atoms with van der Waals surface area (Å²) in [7, 11) is 0. The number of esters is 1. The van der Waals surface area contributed by atoms with Gasteiger partial charge in [0.05, 0.1) is 25.6 Å². The maximum atomic E-state index is 13.4. The Balaban J connectivity index is 0.00000274. The number of carbonyl (C=O) groups is 2. The lowest BCUT2D eigenvalue weighted by molar-refractivity contribution is -0.939. The van der Waals surface area contributed by atoms with Crippen LogP contribution in [0.2, 0.25) is 0 Å². The molecule has 3 aliphatic heterocycles. The molecule has 0 radical (unpaired) electrons. The fourth-order valence-corrected chi connectivity index (χ4v) is 5.12. The van der Waals surface area contributed by atoms with E-state index in [1.54, 1.807) is 36.4 Å². The van der Waals surface area contributed by atoms with Crippen LogP contribution in [0.4, 0.5) is 5.82 Å². The predicted molar refractivity (Wildman–Crippen MR) is 116 cm³/mol. The number of quaternary nitrogens is 1. The fraction of sp³-hybridized carbons (Fsp3) is 0.375. The van der Waals surface area contributed by atoms with E-state index in [1.807, 2.05) is 6.07 Å². The highest BCUT2D eigenvalue weighted by atomic mass is 79.9. The normalized spacial score (nSPS) is 25.1. The number of hydrogen-bond acceptors (Lipinski definition) is 7. The van der Waals surface area contributed by atoms with Gasteiger partial charge < -0.3 is 45.6 Å². The second kappa shape index (κ2) is 9.73. The summed E-state index contributed by atoms with van der Waals surface area (Å²) in [6, 6.07) is 11.9. The predicted octanol–water partition coefficient (Wildman–Crippen LogP) is -0.702. The fourth-order valence-electron chi connectivity index (χ4n) is 5.12. The van der Waals surface area contributed by atoms with Gasteiger partial charge in [-0.15, -0.1) is 0 Å². The topological polar surface area (TPSA) is 115 Å². The van der Waals surface area contributed by atoms with Crippen molar-refractivity contribution in [3.8, 4) is 0 Å². The number of nitrogens with one attached hydrogen (secondary N) is 1. The van der Waals surface area contributed by atoms with Crippen molar-refractivity contribution in [2.45, 2.75) is 24.5 Å². The lowest BCUT2D eigenvalue weighted by Gasteiger charge is -2.51. The molecule has 0 spiro atoms. The largest absolute Gasteiger partial charge is 1.00 e. The number of hydrogen-bond donors (Lipinski definition) is 2. The lowest BCUT2D eigenvalue weighted by Crippen LogP contribution is -3.00. The average Bonchev–Trinajstić information content (AvgIpc) is 3.54. The van der Waals surface area contributed by atoms with Crippen LogP contribution in [0.5, 0.6) is 0 Å². The summed E-state index contributed by atoms with van der Waals surface area (Å²) in [6.07, 6.45) is 5.49. The van der Waals surface area contributed by atoms with Gasteiger partial charge in [0.2, 0.25) is 5.60 Å². The summed E-state index contributed by atoms with van der Waals surface area (Å²) in [5.74, 6) is -0.314. The SMILES string of the molecule is O=C(C[N+]12CCC(CC1)[C@@H](OC(=O)C(O)(c1ccccc1)c1ccoc1)C2)Nc1ccon1.[Br-]. The van der Waals surface area contributed by atoms with E-state index in [4.69, 9.17) is 13.7 Å². The monoisotopic (exact) mass is 531 g/mol. The first-order valence-corrected chi connectivity index (χ1v) is 11.1. The molecule has 3 aliphatic rings. The molecular weight excluding hydrogens is 506 g/mol. The van der Waals surface area contributed by atoms with Crippen molar-refractivity contribution in [3.63, 3.8) is 0 Å². The first-order valence-electron chi connectivity index (χ1n) is 11.1. The first-order chi connectivity index (χ1) is 16.0. The summed E-state index contributed by atoms with van der Waals surface area (Å²) < 4.78 is 16.4. The number of amides is 1. The Morgan fingerprint density at radius 3 is 2.53 bits per heavy atom. The molecule has 3 fully saturated rings. The van der Waals surface area contributed by atoms with Gasteiger partial charge in [0.25, 0.3) is 5.91 Å². The standard InChI is InChI=1S/C24H25N3O6.BrH/c28-22(25-21-9-13-32-26-21)15-27-10-6-17(7-11-27)20(14-27)33-23(29)24(30,19-8-12-31-16-19)18-4-2-1-3-5-18;/h1-5,8-9,12-13,16-17,20,30H,6-7,10-11,14-15H2;1H/t17?,20-,24?,27?;/m0./s1. The smallest absolute Gasteiger partial charge is 0.348 e. The zero-order chi connectivity index (χ0) is 22.9. The van der Waals surface area contributed by atoms with Crippen molar-refractivity contribution < 1.29 is 49.8 Å². The summed E-state index contributed by atoms with van der Waals surface area (Å²) >= 11 is 0. The van der Waals surface area contributed by atoms with Crippen LogP contribution in [-0.4, -0.2) is 58.9 Å². The van der Waals surface area contributed by atoms with Gasteiger partial charge in [-0.25, -0.2) is 4.79 Å². The second-order valence-electron chi connectivity index (χ2n) is 8.93. The molecule has 9 nitrogen and oxygen atoms in total. The molecule has 2 bridgehead atoms. The number of anilines is 1. The Kier molecular flexibility index (Phi) is 6.92. The third kappa shape index (κ3) is 4.53. The van der Waals surface area contributed by atoms with E-state index in [0.29, 0.717) is 28.0 Å². The van der Waals surface area contributed by atoms with Crippen LogP contribution >= 0.6 is 0 Å². The molecule has 2 N–H and O–H groups in total. The van der Waals surface area contributed by atoms with Crippen LogP contribution in [0, 0.1) is 5.92 Å². The lowest BCUT2D eigenvalue weighted by atomic mass is 9.82. The van der Waals surface area contributed by atoms with E-state index in [1.165, 1.54) is 18.8 Å². The van der Waals surface area contributed by atoms with Crippen molar-refractivity contribution >= 4 is 17.7 Å². The Morgan fingerprint density at radius 1 is 1.12 bits per heavy atom. The number of benzene rings is 1. The minimum Gasteiger partial charge on any atom is -1.00 e. The highest BCUT2D eigenvalue weighted by Gasteiger charge is 2.51. The number of aromatic nitrogens is 1. The van der Waals surface area contributed by atoms with E-state index in [0.717, 1.165) is 25.9 Å². The first kappa shape index (κ1) is 24.2. The highest BCUT2D eigenvalue weighted by molar-refractivity contribution is 5.90. The molecule has 2 aromatic heterocycles. The molecule has 0 saturated carbocycles. The second-order valence-corrected chi connectivity index (χ2v) is 8.93. The molecule has 2 atom stereocenters. The van der Waals surface area contributed by atoms with E-state index in [-0.39, 0.29) is 41.5 Å².